The molecule has 0 bridgehead atoms. The van der Waals surface area contributed by atoms with Gasteiger partial charge in [0.2, 0.25) is 0 Å². The summed E-state index contributed by atoms with van der Waals surface area (Å²) in [6, 6.07) is 0. The maximum Gasteiger partial charge on any atom is 0.268 e. The number of rotatable bonds is 3. The van der Waals surface area contributed by atoms with E-state index < -0.39 is 12.5 Å². The molecule has 58 valence electrons. The minimum Gasteiger partial charge on any atom is -0.325 e. The van der Waals surface area contributed by atoms with Crippen molar-refractivity contribution in [2.75, 3.05) is 18.6 Å². The molecule has 0 spiro atoms. The second-order valence-corrected chi connectivity index (χ2v) is 2.36. The van der Waals surface area contributed by atoms with E-state index >= 15 is 0 Å². The first-order valence-corrected chi connectivity index (χ1v) is 3.58. The Balaban J connectivity index is 0. The van der Waals surface area contributed by atoms with E-state index in [-0.39, 0.29) is 18.2 Å². The van der Waals surface area contributed by atoms with Gasteiger partial charge in [0.25, 0.3) is 5.92 Å². The van der Waals surface area contributed by atoms with E-state index in [1.165, 1.54) is 0 Å². The van der Waals surface area contributed by atoms with Crippen LogP contribution in [0.5, 0.6) is 0 Å². The first-order chi connectivity index (χ1) is 3.62. The standard InChI is InChI=1S/C4H9F2NS.ClH/c1-8-3-4(5,6)2-7;/h2-3,7H2,1H3;1H. The zero-order chi connectivity index (χ0) is 6.62. The van der Waals surface area contributed by atoms with Gasteiger partial charge in [-0.3, -0.25) is 0 Å². The third-order valence-electron chi connectivity index (χ3n) is 0.654. The van der Waals surface area contributed by atoms with Crippen LogP contribution in [-0.4, -0.2) is 24.5 Å². The number of halogens is 3. The van der Waals surface area contributed by atoms with Crippen LogP contribution in [0.1, 0.15) is 0 Å². The highest BCUT2D eigenvalue weighted by Gasteiger charge is 2.24. The summed E-state index contributed by atoms with van der Waals surface area (Å²) in [6.45, 7) is -0.548. The second kappa shape index (κ2) is 5.26. The molecular formula is C4H10ClF2NS. The van der Waals surface area contributed by atoms with E-state index in [0.717, 1.165) is 11.8 Å². The molecule has 0 radical (unpaired) electrons. The Kier molecular flexibility index (Phi) is 7.11. The van der Waals surface area contributed by atoms with Crippen molar-refractivity contribution in [2.45, 2.75) is 5.92 Å². The number of alkyl halides is 2. The molecule has 0 rings (SSSR count). The molecule has 0 amide bonds. The summed E-state index contributed by atoms with van der Waals surface area (Å²) in [5.41, 5.74) is 4.73. The monoisotopic (exact) mass is 177 g/mol. The molecule has 0 atom stereocenters. The summed E-state index contributed by atoms with van der Waals surface area (Å²) in [5.74, 6) is -2.84. The molecule has 0 aliphatic heterocycles. The lowest BCUT2D eigenvalue weighted by atomic mass is 10.4. The Morgan fingerprint density at radius 2 is 2.00 bits per heavy atom. The average molecular weight is 178 g/mol. The van der Waals surface area contributed by atoms with Gasteiger partial charge in [0.1, 0.15) is 0 Å². The number of hydrogen-bond donors (Lipinski definition) is 1. The van der Waals surface area contributed by atoms with Crippen molar-refractivity contribution >= 4 is 24.2 Å². The van der Waals surface area contributed by atoms with Gasteiger partial charge < -0.3 is 5.73 Å². The first-order valence-electron chi connectivity index (χ1n) is 2.19. The highest BCUT2D eigenvalue weighted by atomic mass is 35.5. The van der Waals surface area contributed by atoms with E-state index in [0.29, 0.717) is 0 Å². The molecule has 0 heterocycles. The van der Waals surface area contributed by atoms with Crippen molar-refractivity contribution in [1.82, 2.24) is 0 Å². The zero-order valence-electron chi connectivity index (χ0n) is 5.06. The minimum atomic E-state index is -2.67. The lowest BCUT2D eigenvalue weighted by Gasteiger charge is -2.10. The molecule has 0 aliphatic carbocycles. The van der Waals surface area contributed by atoms with Crippen molar-refractivity contribution in [2.24, 2.45) is 5.73 Å². The number of thioether (sulfide) groups is 1. The number of nitrogens with two attached hydrogens (primary N) is 1. The highest BCUT2D eigenvalue weighted by molar-refractivity contribution is 7.98. The predicted octanol–water partition coefficient (Wildman–Crippen LogP) is 1.37. The van der Waals surface area contributed by atoms with E-state index in [1.807, 2.05) is 0 Å². The molecule has 0 aliphatic rings. The first kappa shape index (κ1) is 12.2. The van der Waals surface area contributed by atoms with Gasteiger partial charge in [0.05, 0.1) is 12.3 Å². The molecule has 9 heavy (non-hydrogen) atoms. The largest absolute Gasteiger partial charge is 0.325 e. The Bertz CT molecular complexity index is 71.6. The lowest BCUT2D eigenvalue weighted by molar-refractivity contribution is 0.0376. The highest BCUT2D eigenvalue weighted by Crippen LogP contribution is 2.15. The topological polar surface area (TPSA) is 26.0 Å². The summed E-state index contributed by atoms with van der Waals surface area (Å²) < 4.78 is 24.0. The molecule has 5 heteroatoms. The fourth-order valence-corrected chi connectivity index (χ4v) is 0.810. The summed E-state index contributed by atoms with van der Waals surface area (Å²) in [5, 5.41) is 0. The van der Waals surface area contributed by atoms with Crippen LogP contribution < -0.4 is 5.73 Å². The lowest BCUT2D eigenvalue weighted by Crippen LogP contribution is -2.30. The quantitative estimate of drug-likeness (QED) is 0.705. The summed E-state index contributed by atoms with van der Waals surface area (Å²) in [4.78, 5) is 0. The molecule has 0 fully saturated rings. The molecular weight excluding hydrogens is 168 g/mol. The van der Waals surface area contributed by atoms with Crippen molar-refractivity contribution in [3.8, 4) is 0 Å². The second-order valence-electron chi connectivity index (χ2n) is 1.49. The van der Waals surface area contributed by atoms with Crippen LogP contribution in [-0.2, 0) is 0 Å². The Morgan fingerprint density at radius 1 is 1.56 bits per heavy atom. The van der Waals surface area contributed by atoms with Crippen molar-refractivity contribution in [1.29, 1.82) is 0 Å². The van der Waals surface area contributed by atoms with E-state index in [2.05, 4.69) is 0 Å². The van der Waals surface area contributed by atoms with Gasteiger partial charge in [-0.25, -0.2) is 8.78 Å². The normalized spacial score (nSPS) is 10.7. The Labute approximate surface area is 63.8 Å². The summed E-state index contributed by atoms with van der Waals surface area (Å²) >= 11 is 1.10. The smallest absolute Gasteiger partial charge is 0.268 e. The van der Waals surface area contributed by atoms with E-state index in [4.69, 9.17) is 5.73 Å². The van der Waals surface area contributed by atoms with Gasteiger partial charge in [-0.15, -0.1) is 12.4 Å². The number of hydrogen-bond acceptors (Lipinski definition) is 2. The molecule has 2 N–H and O–H groups in total. The van der Waals surface area contributed by atoms with Gasteiger partial charge in [0.15, 0.2) is 0 Å². The van der Waals surface area contributed by atoms with Crippen LogP contribution in [0.2, 0.25) is 0 Å². The molecule has 1 nitrogen and oxygen atoms in total. The van der Waals surface area contributed by atoms with Crippen LogP contribution in [0.4, 0.5) is 8.78 Å². The predicted molar refractivity (Wildman–Crippen MR) is 39.6 cm³/mol. The van der Waals surface area contributed by atoms with Crippen molar-refractivity contribution in [3.63, 3.8) is 0 Å². The van der Waals surface area contributed by atoms with Gasteiger partial charge in [-0.1, -0.05) is 0 Å². The van der Waals surface area contributed by atoms with E-state index in [9.17, 15) is 8.78 Å². The Hall–Kier alpha value is 0.460. The molecule has 0 saturated heterocycles. The van der Waals surface area contributed by atoms with Crippen LogP contribution in [0, 0.1) is 0 Å². The molecule has 0 aromatic rings. The van der Waals surface area contributed by atoms with E-state index in [1.54, 1.807) is 6.26 Å². The van der Waals surface area contributed by atoms with Crippen LogP contribution in [0.15, 0.2) is 0 Å². The maximum absolute atomic E-state index is 12.0. The van der Waals surface area contributed by atoms with Gasteiger partial charge in [-0.2, -0.15) is 11.8 Å². The van der Waals surface area contributed by atoms with Crippen LogP contribution >= 0.6 is 24.2 Å². The maximum atomic E-state index is 12.0. The van der Waals surface area contributed by atoms with Crippen molar-refractivity contribution in [3.05, 3.63) is 0 Å². The Morgan fingerprint density at radius 3 is 2.11 bits per heavy atom. The van der Waals surface area contributed by atoms with Crippen molar-refractivity contribution < 1.29 is 8.78 Å². The van der Waals surface area contributed by atoms with Gasteiger partial charge in [-0.05, 0) is 6.26 Å². The summed E-state index contributed by atoms with van der Waals surface area (Å²) in [6.07, 6.45) is 1.63. The molecule has 0 saturated carbocycles. The fraction of sp³-hybridized carbons (Fsp3) is 1.00. The van der Waals surface area contributed by atoms with Gasteiger partial charge >= 0.3 is 0 Å². The molecule has 0 aromatic carbocycles. The third kappa shape index (κ3) is 6.34. The fourth-order valence-electron chi connectivity index (χ4n) is 0.270. The summed E-state index contributed by atoms with van der Waals surface area (Å²) in [7, 11) is 0. The molecule has 0 unspecified atom stereocenters. The zero-order valence-corrected chi connectivity index (χ0v) is 6.70. The minimum absolute atomic E-state index is 0. The van der Waals surface area contributed by atoms with Gasteiger partial charge in [0, 0.05) is 0 Å². The molecule has 0 aromatic heterocycles. The van der Waals surface area contributed by atoms with Crippen LogP contribution in [0.3, 0.4) is 0 Å². The average Bonchev–Trinajstić information content (AvgIpc) is 1.67. The van der Waals surface area contributed by atoms with Crippen LogP contribution in [0.25, 0.3) is 0 Å². The third-order valence-corrected chi connectivity index (χ3v) is 1.37. The SMILES string of the molecule is CSCC(F)(F)CN.Cl.